The molecule has 1 aromatic rings. The summed E-state index contributed by atoms with van der Waals surface area (Å²) < 4.78 is 25.8. The fourth-order valence-corrected chi connectivity index (χ4v) is 2.52. The quantitative estimate of drug-likeness (QED) is 0.882. The van der Waals surface area contributed by atoms with Gasteiger partial charge in [0.25, 0.3) is 0 Å². The standard InChI is InChI=1S/C10H12ClNO2S/c1-8-5-3-4-6-10(8)15(13,14)12-7-9(2)11/h3-6,12H,2,7H2,1H3. The summed E-state index contributed by atoms with van der Waals surface area (Å²) in [5.74, 6) is 0. The Balaban J connectivity index is 2.97. The van der Waals surface area contributed by atoms with Crippen LogP contribution in [0.25, 0.3) is 0 Å². The molecule has 0 aliphatic carbocycles. The van der Waals surface area contributed by atoms with Crippen molar-refractivity contribution in [3.05, 3.63) is 41.4 Å². The van der Waals surface area contributed by atoms with Crippen LogP contribution in [-0.4, -0.2) is 15.0 Å². The van der Waals surface area contributed by atoms with Crippen molar-refractivity contribution >= 4 is 21.6 Å². The lowest BCUT2D eigenvalue weighted by molar-refractivity contribution is 0.584. The Bertz CT molecular complexity index is 468. The SMILES string of the molecule is C=C(Cl)CNS(=O)(=O)c1ccccc1C. The van der Waals surface area contributed by atoms with E-state index in [9.17, 15) is 8.42 Å². The van der Waals surface area contributed by atoms with Gasteiger partial charge in [0.15, 0.2) is 0 Å². The number of halogens is 1. The first kappa shape index (κ1) is 12.2. The van der Waals surface area contributed by atoms with E-state index < -0.39 is 10.0 Å². The Morgan fingerprint density at radius 2 is 2.07 bits per heavy atom. The lowest BCUT2D eigenvalue weighted by Crippen LogP contribution is -2.25. The van der Waals surface area contributed by atoms with Crippen LogP contribution in [0.3, 0.4) is 0 Å². The van der Waals surface area contributed by atoms with Crippen LogP contribution in [0.5, 0.6) is 0 Å². The molecule has 0 saturated carbocycles. The topological polar surface area (TPSA) is 46.2 Å². The second kappa shape index (κ2) is 4.79. The molecule has 0 fully saturated rings. The molecule has 1 N–H and O–H groups in total. The van der Waals surface area contributed by atoms with Crippen molar-refractivity contribution in [2.45, 2.75) is 11.8 Å². The Morgan fingerprint density at radius 3 is 2.60 bits per heavy atom. The van der Waals surface area contributed by atoms with E-state index in [4.69, 9.17) is 11.6 Å². The Labute approximate surface area is 94.8 Å². The average Bonchev–Trinajstić information content (AvgIpc) is 2.15. The Hall–Kier alpha value is -0.840. The molecule has 0 saturated heterocycles. The minimum absolute atomic E-state index is 0.0399. The molecule has 0 spiro atoms. The monoisotopic (exact) mass is 245 g/mol. The largest absolute Gasteiger partial charge is 0.241 e. The van der Waals surface area contributed by atoms with Gasteiger partial charge in [0.1, 0.15) is 0 Å². The van der Waals surface area contributed by atoms with Gasteiger partial charge in [-0.1, -0.05) is 36.4 Å². The zero-order valence-electron chi connectivity index (χ0n) is 8.33. The third kappa shape index (κ3) is 3.34. The van der Waals surface area contributed by atoms with E-state index in [0.717, 1.165) is 0 Å². The summed E-state index contributed by atoms with van der Waals surface area (Å²) >= 11 is 5.49. The summed E-state index contributed by atoms with van der Waals surface area (Å²) in [5.41, 5.74) is 0.699. The zero-order chi connectivity index (χ0) is 11.5. The summed E-state index contributed by atoms with van der Waals surface area (Å²) in [4.78, 5) is 0.267. The summed E-state index contributed by atoms with van der Waals surface area (Å²) in [6.45, 7) is 5.19. The van der Waals surface area contributed by atoms with Crippen LogP contribution < -0.4 is 4.72 Å². The molecule has 0 bridgehead atoms. The zero-order valence-corrected chi connectivity index (χ0v) is 9.90. The van der Waals surface area contributed by atoms with Gasteiger partial charge in [-0.15, -0.1) is 0 Å². The van der Waals surface area contributed by atoms with Crippen molar-refractivity contribution in [3.63, 3.8) is 0 Å². The summed E-state index contributed by atoms with van der Waals surface area (Å²) in [5, 5.41) is 0.257. The van der Waals surface area contributed by atoms with Crippen molar-refractivity contribution in [2.24, 2.45) is 0 Å². The maximum Gasteiger partial charge on any atom is 0.241 e. The lowest BCUT2D eigenvalue weighted by atomic mass is 10.2. The lowest BCUT2D eigenvalue weighted by Gasteiger charge is -2.07. The Morgan fingerprint density at radius 1 is 1.47 bits per heavy atom. The molecule has 0 heterocycles. The van der Waals surface area contributed by atoms with Gasteiger partial charge in [-0.3, -0.25) is 0 Å². The second-order valence-corrected chi connectivity index (χ2v) is 5.38. The molecule has 0 amide bonds. The maximum absolute atomic E-state index is 11.7. The van der Waals surface area contributed by atoms with Gasteiger partial charge in [-0.2, -0.15) is 0 Å². The highest BCUT2D eigenvalue weighted by Crippen LogP contribution is 2.13. The van der Waals surface area contributed by atoms with E-state index >= 15 is 0 Å². The van der Waals surface area contributed by atoms with E-state index in [-0.39, 0.29) is 16.5 Å². The van der Waals surface area contributed by atoms with Crippen LogP contribution >= 0.6 is 11.6 Å². The van der Waals surface area contributed by atoms with Crippen LogP contribution in [0, 0.1) is 6.92 Å². The second-order valence-electron chi connectivity index (χ2n) is 3.11. The minimum atomic E-state index is -3.48. The van der Waals surface area contributed by atoms with Gasteiger partial charge in [0.05, 0.1) is 4.90 Å². The normalized spacial score (nSPS) is 11.3. The summed E-state index contributed by atoms with van der Waals surface area (Å²) in [7, 11) is -3.48. The first-order chi connectivity index (χ1) is 6.93. The molecule has 1 aromatic carbocycles. The number of nitrogens with one attached hydrogen (secondary N) is 1. The number of hydrogen-bond donors (Lipinski definition) is 1. The van der Waals surface area contributed by atoms with Gasteiger partial charge in [-0.25, -0.2) is 13.1 Å². The molecule has 0 atom stereocenters. The molecule has 1 rings (SSSR count). The molecule has 0 aliphatic rings. The molecule has 0 aliphatic heterocycles. The van der Waals surface area contributed by atoms with Crippen molar-refractivity contribution in [1.29, 1.82) is 0 Å². The molecule has 15 heavy (non-hydrogen) atoms. The number of aryl methyl sites for hydroxylation is 1. The van der Waals surface area contributed by atoms with Crippen molar-refractivity contribution in [1.82, 2.24) is 4.72 Å². The first-order valence-electron chi connectivity index (χ1n) is 4.32. The highest BCUT2D eigenvalue weighted by molar-refractivity contribution is 7.89. The summed E-state index contributed by atoms with van der Waals surface area (Å²) in [6.07, 6.45) is 0. The van der Waals surface area contributed by atoms with Crippen LogP contribution in [0.4, 0.5) is 0 Å². The van der Waals surface area contributed by atoms with E-state index in [1.807, 2.05) is 0 Å². The molecule has 0 radical (unpaired) electrons. The van der Waals surface area contributed by atoms with Gasteiger partial charge in [0, 0.05) is 11.6 Å². The van der Waals surface area contributed by atoms with Crippen molar-refractivity contribution < 1.29 is 8.42 Å². The van der Waals surface area contributed by atoms with E-state index in [2.05, 4.69) is 11.3 Å². The maximum atomic E-state index is 11.7. The molecule has 82 valence electrons. The highest BCUT2D eigenvalue weighted by atomic mass is 35.5. The predicted octanol–water partition coefficient (Wildman–Crippen LogP) is 2.03. The third-order valence-corrected chi connectivity index (χ3v) is 3.53. The van der Waals surface area contributed by atoms with Gasteiger partial charge in [-0.05, 0) is 18.6 Å². The molecule has 5 heteroatoms. The van der Waals surface area contributed by atoms with E-state index in [1.165, 1.54) is 0 Å². The minimum Gasteiger partial charge on any atom is -0.207 e. The number of rotatable bonds is 4. The number of sulfonamides is 1. The molecule has 0 aromatic heterocycles. The summed E-state index contributed by atoms with van der Waals surface area (Å²) in [6, 6.07) is 6.75. The van der Waals surface area contributed by atoms with Crippen LogP contribution in [0.2, 0.25) is 0 Å². The smallest absolute Gasteiger partial charge is 0.207 e. The number of hydrogen-bond acceptors (Lipinski definition) is 2. The van der Waals surface area contributed by atoms with Crippen LogP contribution in [0.1, 0.15) is 5.56 Å². The van der Waals surface area contributed by atoms with Gasteiger partial charge in [0.2, 0.25) is 10.0 Å². The molecule has 0 unspecified atom stereocenters. The van der Waals surface area contributed by atoms with E-state index in [0.29, 0.717) is 5.56 Å². The van der Waals surface area contributed by atoms with Gasteiger partial charge >= 0.3 is 0 Å². The fourth-order valence-electron chi connectivity index (χ4n) is 1.11. The first-order valence-corrected chi connectivity index (χ1v) is 6.18. The van der Waals surface area contributed by atoms with Crippen molar-refractivity contribution in [2.75, 3.05) is 6.54 Å². The number of benzene rings is 1. The molecule has 3 nitrogen and oxygen atoms in total. The third-order valence-electron chi connectivity index (χ3n) is 1.84. The van der Waals surface area contributed by atoms with Crippen molar-refractivity contribution in [3.8, 4) is 0 Å². The molecular weight excluding hydrogens is 234 g/mol. The van der Waals surface area contributed by atoms with Crippen LogP contribution in [0.15, 0.2) is 40.8 Å². The predicted molar refractivity (Wildman–Crippen MR) is 61.4 cm³/mol. The van der Waals surface area contributed by atoms with E-state index in [1.54, 1.807) is 31.2 Å². The average molecular weight is 246 g/mol. The highest BCUT2D eigenvalue weighted by Gasteiger charge is 2.15. The fraction of sp³-hybridized carbons (Fsp3) is 0.200. The Kier molecular flexibility index (Phi) is 3.90. The van der Waals surface area contributed by atoms with Gasteiger partial charge < -0.3 is 0 Å². The van der Waals surface area contributed by atoms with Crippen LogP contribution in [-0.2, 0) is 10.0 Å². The molecular formula is C10H12ClNO2S.